The Balaban J connectivity index is 1.88. The largest absolute Gasteiger partial charge is 0.504 e. The highest BCUT2D eigenvalue weighted by Gasteiger charge is 2.81. The van der Waals surface area contributed by atoms with Crippen LogP contribution in [0.25, 0.3) is 0 Å². The molecule has 19 heteroatoms. The minimum absolute atomic E-state index is 0.0519. The lowest BCUT2D eigenvalue weighted by molar-refractivity contribution is -0.447. The molecular formula is C44H51NO18. The van der Waals surface area contributed by atoms with Crippen molar-refractivity contribution in [1.29, 1.82) is 0 Å². The van der Waals surface area contributed by atoms with E-state index in [2.05, 4.69) is 4.98 Å². The van der Waals surface area contributed by atoms with Crippen molar-refractivity contribution < 1.29 is 89.5 Å². The van der Waals surface area contributed by atoms with Gasteiger partial charge in [-0.1, -0.05) is 58.9 Å². The zero-order valence-electron chi connectivity index (χ0n) is 34.6. The molecule has 5 atom stereocenters. The van der Waals surface area contributed by atoms with E-state index in [-0.39, 0.29) is 31.4 Å². The number of rotatable bonds is 17. The van der Waals surface area contributed by atoms with E-state index in [0.717, 1.165) is 36.4 Å². The first-order valence-electron chi connectivity index (χ1n) is 20.2. The molecule has 0 bridgehead atoms. The molecule has 19 nitrogen and oxygen atoms in total. The number of hydrogen-bond acceptors (Lipinski definition) is 19. The molecule has 0 aliphatic carbocycles. The summed E-state index contributed by atoms with van der Waals surface area (Å²) < 4.78 is 25.0. The van der Waals surface area contributed by atoms with Crippen LogP contribution in [0.15, 0.2) is 60.8 Å². The van der Waals surface area contributed by atoms with E-state index in [9.17, 15) is 70.6 Å². The fraction of sp³-hybridized carbons (Fsp3) is 0.409. The van der Waals surface area contributed by atoms with E-state index >= 15 is 0 Å². The summed E-state index contributed by atoms with van der Waals surface area (Å²) in [6, 6.07) is 8.74. The fourth-order valence-electron chi connectivity index (χ4n) is 7.93. The van der Waals surface area contributed by atoms with Crippen LogP contribution in [0, 0.1) is 0 Å². The summed E-state index contributed by atoms with van der Waals surface area (Å²) in [6.07, 6.45) is -0.817. The number of carbonyl (C=O) groups is 3. The molecule has 1 aliphatic heterocycles. The summed E-state index contributed by atoms with van der Waals surface area (Å²) in [7, 11) is 0. The second-order valence-electron chi connectivity index (χ2n) is 15.3. The highest BCUT2D eigenvalue weighted by atomic mass is 16.8. The molecule has 0 radical (unpaired) electrons. The van der Waals surface area contributed by atoms with E-state index in [1.54, 1.807) is 20.8 Å². The van der Waals surface area contributed by atoms with Gasteiger partial charge in [-0.2, -0.15) is 0 Å². The number of phenols is 9. The number of aromatic hydroxyl groups is 9. The van der Waals surface area contributed by atoms with Crippen LogP contribution in [0.1, 0.15) is 115 Å². The highest BCUT2D eigenvalue weighted by Crippen LogP contribution is 2.61. The number of ether oxygens (including phenoxy) is 4. The number of unbranched alkanes of at least 4 members (excludes halogenated alkanes) is 3. The monoisotopic (exact) mass is 881 g/mol. The predicted molar refractivity (Wildman–Crippen MR) is 217 cm³/mol. The zero-order chi connectivity index (χ0) is 46.5. The predicted octanol–water partition coefficient (Wildman–Crippen LogP) is 5.33. The van der Waals surface area contributed by atoms with Gasteiger partial charge in [0.05, 0.1) is 16.7 Å². The third-order valence-corrected chi connectivity index (χ3v) is 11.2. The highest BCUT2D eigenvalue weighted by molar-refractivity contribution is 5.93. The SMILES string of the molecule is CCCC[C@]1(O)[C@@](OC(=O)c2cc(O)c(O)c(O)c2)(c2ccccn2)O[C@H](COC(=O)c2cc(O)c(O)c(O)c2)[C@](O)(CCCC)[C@]1(CCCC)OC(=O)c1cc(O)c(O)c(O)c1. The molecule has 2 heterocycles. The van der Waals surface area contributed by atoms with Crippen LogP contribution < -0.4 is 0 Å². The Hall–Kier alpha value is -6.70. The molecule has 1 aromatic heterocycles. The van der Waals surface area contributed by atoms with Crippen LogP contribution >= 0.6 is 0 Å². The molecule has 0 spiro atoms. The number of carbonyl (C=O) groups excluding carboxylic acids is 3. The molecule has 1 saturated heterocycles. The van der Waals surface area contributed by atoms with Gasteiger partial charge in [-0.05, 0) is 74.2 Å². The molecule has 1 aliphatic rings. The van der Waals surface area contributed by atoms with Crippen LogP contribution in [0.3, 0.4) is 0 Å². The van der Waals surface area contributed by atoms with Crippen LogP contribution in [0.2, 0.25) is 0 Å². The Morgan fingerprint density at radius 2 is 1.03 bits per heavy atom. The number of nitrogens with zero attached hydrogens (tertiary/aromatic N) is 1. The molecule has 0 unspecified atom stereocenters. The molecule has 5 rings (SSSR count). The lowest BCUT2D eigenvalue weighted by atomic mass is 9.57. The van der Waals surface area contributed by atoms with Crippen LogP contribution in [-0.4, -0.2) is 109 Å². The minimum Gasteiger partial charge on any atom is -0.504 e. The molecule has 4 aromatic rings. The maximum Gasteiger partial charge on any atom is 0.341 e. The third kappa shape index (κ3) is 8.58. The van der Waals surface area contributed by atoms with Crippen molar-refractivity contribution in [2.75, 3.05) is 6.61 Å². The molecular weight excluding hydrogens is 830 g/mol. The Kier molecular flexibility index (Phi) is 14.1. The van der Waals surface area contributed by atoms with E-state index in [0.29, 0.717) is 19.3 Å². The van der Waals surface area contributed by atoms with Crippen LogP contribution in [-0.2, 0) is 24.7 Å². The molecule has 63 heavy (non-hydrogen) atoms. The van der Waals surface area contributed by atoms with Gasteiger partial charge >= 0.3 is 17.9 Å². The molecule has 3 aromatic carbocycles. The van der Waals surface area contributed by atoms with Crippen molar-refractivity contribution in [3.8, 4) is 51.7 Å². The topological polar surface area (TPSA) is 324 Å². The van der Waals surface area contributed by atoms with Crippen molar-refractivity contribution in [3.05, 3.63) is 83.2 Å². The van der Waals surface area contributed by atoms with E-state index in [4.69, 9.17) is 18.9 Å². The van der Waals surface area contributed by atoms with Gasteiger partial charge in [-0.15, -0.1) is 0 Å². The Labute approximate surface area is 360 Å². The Bertz CT molecular complexity index is 2250. The van der Waals surface area contributed by atoms with Crippen molar-refractivity contribution in [2.45, 2.75) is 107 Å². The molecule has 340 valence electrons. The van der Waals surface area contributed by atoms with Crippen LogP contribution in [0.4, 0.5) is 0 Å². The standard InChI is InChI=1S/C44H51NO18/c1-4-7-13-41(58)34(23-60-38(55)24-17-27(46)35(52)28(47)18-24)61-44(33-12-10-11-16-45-33,63-40(57)26-21-31(50)37(54)32(51)22-26)42(59,14-8-5-2)43(41,15-9-6-3)62-39(56)25-19-29(48)36(53)30(49)20-25/h10-12,16-22,34,46-54,58-59H,4-9,13-15,23H2,1-3H3/t34-,41-,42-,43+,44+/m1/s1. The summed E-state index contributed by atoms with van der Waals surface area (Å²) in [5, 5.41) is 120. The molecule has 0 saturated carbocycles. The van der Waals surface area contributed by atoms with Crippen molar-refractivity contribution in [3.63, 3.8) is 0 Å². The summed E-state index contributed by atoms with van der Waals surface area (Å²) in [6.45, 7) is 4.25. The number of aliphatic hydroxyl groups is 2. The van der Waals surface area contributed by atoms with Gasteiger partial charge in [0, 0.05) is 6.20 Å². The quantitative estimate of drug-likeness (QED) is 0.0363. The fourth-order valence-corrected chi connectivity index (χ4v) is 7.93. The Morgan fingerprint density at radius 1 is 0.603 bits per heavy atom. The first-order chi connectivity index (χ1) is 29.8. The van der Waals surface area contributed by atoms with Gasteiger partial charge < -0.3 is 75.1 Å². The van der Waals surface area contributed by atoms with Gasteiger partial charge in [0.2, 0.25) is 0 Å². The maximum atomic E-state index is 14.6. The van der Waals surface area contributed by atoms with Crippen LogP contribution in [0.5, 0.6) is 51.7 Å². The average molecular weight is 882 g/mol. The van der Waals surface area contributed by atoms with E-state index in [1.807, 2.05) is 0 Å². The van der Waals surface area contributed by atoms with Gasteiger partial charge in [0.1, 0.15) is 24.0 Å². The molecule has 1 fully saturated rings. The third-order valence-electron chi connectivity index (χ3n) is 11.2. The number of hydrogen-bond donors (Lipinski definition) is 11. The second-order valence-corrected chi connectivity index (χ2v) is 15.3. The van der Waals surface area contributed by atoms with Crippen molar-refractivity contribution in [1.82, 2.24) is 4.98 Å². The summed E-state index contributed by atoms with van der Waals surface area (Å²) in [4.78, 5) is 47.1. The van der Waals surface area contributed by atoms with Crippen molar-refractivity contribution in [2.24, 2.45) is 0 Å². The van der Waals surface area contributed by atoms with Gasteiger partial charge in [-0.25, -0.2) is 14.4 Å². The van der Waals surface area contributed by atoms with Gasteiger partial charge in [-0.3, -0.25) is 4.98 Å². The van der Waals surface area contributed by atoms with E-state index < -0.39 is 134 Å². The summed E-state index contributed by atoms with van der Waals surface area (Å²) in [5.41, 5.74) is -10.4. The number of esters is 3. The molecule has 0 amide bonds. The zero-order valence-corrected chi connectivity index (χ0v) is 34.6. The van der Waals surface area contributed by atoms with E-state index in [1.165, 1.54) is 24.4 Å². The maximum absolute atomic E-state index is 14.6. The van der Waals surface area contributed by atoms with Gasteiger partial charge in [0.15, 0.2) is 62.9 Å². The summed E-state index contributed by atoms with van der Waals surface area (Å²) >= 11 is 0. The minimum atomic E-state index is -3.01. The first kappa shape index (κ1) is 47.4. The number of phenolic OH excluding ortho intramolecular Hbond substituents is 9. The Morgan fingerprint density at radius 3 is 1.48 bits per heavy atom. The van der Waals surface area contributed by atoms with Gasteiger partial charge in [0.25, 0.3) is 5.79 Å². The number of benzene rings is 3. The van der Waals surface area contributed by atoms with Crippen molar-refractivity contribution >= 4 is 17.9 Å². The number of aromatic nitrogens is 1. The number of pyridine rings is 1. The lowest BCUT2D eigenvalue weighted by Crippen LogP contribution is -2.84. The second kappa shape index (κ2) is 18.7. The first-order valence-corrected chi connectivity index (χ1v) is 20.2. The normalized spacial score (nSPS) is 23.2. The lowest BCUT2D eigenvalue weighted by Gasteiger charge is -2.65. The smallest absolute Gasteiger partial charge is 0.341 e. The molecule has 11 N–H and O–H groups in total. The summed E-state index contributed by atoms with van der Waals surface area (Å²) in [5.74, 6) is -15.5. The average Bonchev–Trinajstić information content (AvgIpc) is 3.26.